The Kier molecular flexibility index (Phi) is 13.8. The quantitative estimate of drug-likeness (QED) is 0.0270. The van der Waals surface area contributed by atoms with Crippen LogP contribution in [0.25, 0.3) is 0 Å². The number of nitrogens with zero attached hydrogens (tertiary/aromatic N) is 3. The molecule has 1 aliphatic carbocycles. The minimum Gasteiger partial charge on any atom is -0.397 e. The van der Waals surface area contributed by atoms with Gasteiger partial charge in [-0.2, -0.15) is 27.1 Å². The van der Waals surface area contributed by atoms with E-state index in [0.717, 1.165) is 55.5 Å². The van der Waals surface area contributed by atoms with Crippen molar-refractivity contribution in [3.8, 4) is 0 Å². The van der Waals surface area contributed by atoms with Gasteiger partial charge in [0.25, 0.3) is 20.2 Å². The van der Waals surface area contributed by atoms with Crippen molar-refractivity contribution < 1.29 is 48.7 Å². The van der Waals surface area contributed by atoms with Crippen LogP contribution in [0.1, 0.15) is 70.4 Å². The second-order valence-electron chi connectivity index (χ2n) is 13.6. The molecule has 0 spiro atoms. The molecule has 59 heavy (non-hydrogen) atoms. The first-order valence-electron chi connectivity index (χ1n) is 18.2. The number of fused-ring (bicyclic) bond motifs is 2. The Balaban J connectivity index is 1.22. The summed E-state index contributed by atoms with van der Waals surface area (Å²) in [5.74, 6) is -1.87. The fourth-order valence-corrected chi connectivity index (χ4v) is 8.19. The van der Waals surface area contributed by atoms with Crippen LogP contribution in [0.3, 0.4) is 0 Å². The third kappa shape index (κ3) is 11.0. The molecular formula is C39H42N6O11S3. The SMILES string of the molecule is C=CS(=O)(=O)CCNC(=O)CCCCCCCN(C)c1ccc(/N=N/c2ccc(Nc3cc(S(=O)(=O)O)c(N)c4c3C(=O)c3ccccc3C4=O)c(S(=O)(=O)O)c2)cc1. The van der Waals surface area contributed by atoms with Gasteiger partial charge in [-0.1, -0.05) is 50.1 Å². The predicted molar refractivity (Wildman–Crippen MR) is 222 cm³/mol. The van der Waals surface area contributed by atoms with Gasteiger partial charge in [0.1, 0.15) is 9.79 Å². The molecular weight excluding hydrogens is 825 g/mol. The van der Waals surface area contributed by atoms with Gasteiger partial charge in [-0.05, 0) is 61.4 Å². The molecule has 0 saturated carbocycles. The first kappa shape index (κ1) is 44.3. The normalized spacial score (nSPS) is 12.9. The molecule has 4 aromatic rings. The van der Waals surface area contributed by atoms with Gasteiger partial charge in [0.2, 0.25) is 5.91 Å². The molecule has 20 heteroatoms. The Hall–Kier alpha value is -5.80. The van der Waals surface area contributed by atoms with E-state index < -0.39 is 62.7 Å². The van der Waals surface area contributed by atoms with Crippen molar-refractivity contribution in [1.29, 1.82) is 0 Å². The summed E-state index contributed by atoms with van der Waals surface area (Å²) in [6.45, 7) is 4.07. The summed E-state index contributed by atoms with van der Waals surface area (Å²) in [6, 6.07) is 17.2. The number of anilines is 4. The zero-order valence-electron chi connectivity index (χ0n) is 31.8. The molecule has 0 aliphatic heterocycles. The van der Waals surface area contributed by atoms with Crippen molar-refractivity contribution in [1.82, 2.24) is 5.32 Å². The number of unbranched alkanes of at least 4 members (excludes halogenated alkanes) is 4. The number of ketones is 2. The molecule has 0 heterocycles. The van der Waals surface area contributed by atoms with E-state index >= 15 is 0 Å². The molecule has 1 amide bonds. The van der Waals surface area contributed by atoms with E-state index in [4.69, 9.17) is 5.73 Å². The number of nitrogen functional groups attached to an aromatic ring is 1. The second-order valence-corrected chi connectivity index (χ2v) is 18.4. The summed E-state index contributed by atoms with van der Waals surface area (Å²) in [4.78, 5) is 39.5. The number of azo groups is 1. The van der Waals surface area contributed by atoms with Gasteiger partial charge >= 0.3 is 0 Å². The lowest BCUT2D eigenvalue weighted by Gasteiger charge is -2.24. The maximum absolute atomic E-state index is 13.7. The molecule has 0 unspecified atom stereocenters. The third-order valence-electron chi connectivity index (χ3n) is 9.42. The summed E-state index contributed by atoms with van der Waals surface area (Å²) >= 11 is 0. The number of benzene rings is 4. The largest absolute Gasteiger partial charge is 0.397 e. The number of rotatable bonds is 19. The van der Waals surface area contributed by atoms with E-state index in [9.17, 15) is 48.7 Å². The highest BCUT2D eigenvalue weighted by Crippen LogP contribution is 2.41. The molecule has 312 valence electrons. The van der Waals surface area contributed by atoms with Crippen molar-refractivity contribution in [3.63, 3.8) is 0 Å². The number of hydrogen-bond acceptors (Lipinski definition) is 14. The molecule has 0 bridgehead atoms. The molecule has 0 radical (unpaired) electrons. The highest BCUT2D eigenvalue weighted by Gasteiger charge is 2.37. The van der Waals surface area contributed by atoms with Crippen LogP contribution in [-0.4, -0.2) is 77.7 Å². The third-order valence-corrected chi connectivity index (χ3v) is 12.5. The van der Waals surface area contributed by atoms with Crippen molar-refractivity contribution in [2.24, 2.45) is 10.2 Å². The van der Waals surface area contributed by atoms with Crippen LogP contribution in [-0.2, 0) is 34.9 Å². The van der Waals surface area contributed by atoms with Crippen LogP contribution in [0.15, 0.2) is 105 Å². The van der Waals surface area contributed by atoms with Gasteiger partial charge in [0.05, 0.1) is 45.3 Å². The minimum absolute atomic E-state index is 0.00195. The number of carbonyl (C=O) groups excluding carboxylic acids is 3. The maximum Gasteiger partial charge on any atom is 0.296 e. The van der Waals surface area contributed by atoms with Crippen molar-refractivity contribution >= 4 is 81.7 Å². The zero-order chi connectivity index (χ0) is 43.1. The van der Waals surface area contributed by atoms with E-state index in [0.29, 0.717) is 18.5 Å². The Morgan fingerprint density at radius 2 is 1.34 bits per heavy atom. The van der Waals surface area contributed by atoms with Crippen molar-refractivity contribution in [3.05, 3.63) is 107 Å². The fraction of sp³-hybridized carbons (Fsp3) is 0.256. The molecule has 6 N–H and O–H groups in total. The first-order chi connectivity index (χ1) is 27.8. The molecule has 4 aromatic carbocycles. The van der Waals surface area contributed by atoms with E-state index in [1.165, 1.54) is 36.4 Å². The van der Waals surface area contributed by atoms with Crippen LogP contribution in [0.5, 0.6) is 0 Å². The monoisotopic (exact) mass is 866 g/mol. The van der Waals surface area contributed by atoms with Gasteiger partial charge in [0.15, 0.2) is 21.4 Å². The number of hydrogen-bond donors (Lipinski definition) is 5. The highest BCUT2D eigenvalue weighted by molar-refractivity contribution is 7.94. The Morgan fingerprint density at radius 1 is 0.763 bits per heavy atom. The molecule has 0 aromatic heterocycles. The lowest BCUT2D eigenvalue weighted by molar-refractivity contribution is -0.121. The molecule has 0 atom stereocenters. The second kappa shape index (κ2) is 18.4. The Morgan fingerprint density at radius 3 is 1.97 bits per heavy atom. The van der Waals surface area contributed by atoms with Gasteiger partial charge in [-0.15, -0.1) is 0 Å². The molecule has 1 aliphatic rings. The van der Waals surface area contributed by atoms with Gasteiger partial charge < -0.3 is 21.3 Å². The Labute approximate surface area is 341 Å². The summed E-state index contributed by atoms with van der Waals surface area (Å²) in [6.07, 6.45) is 4.71. The summed E-state index contributed by atoms with van der Waals surface area (Å²) in [5.41, 5.74) is 5.05. The Bertz CT molecular complexity index is 2670. The van der Waals surface area contributed by atoms with Crippen LogP contribution in [0.4, 0.5) is 34.1 Å². The van der Waals surface area contributed by atoms with Gasteiger partial charge in [-0.25, -0.2) is 8.42 Å². The fourth-order valence-electron chi connectivity index (χ4n) is 6.33. The summed E-state index contributed by atoms with van der Waals surface area (Å²) in [5, 5.41) is 14.4. The average molecular weight is 867 g/mol. The van der Waals surface area contributed by atoms with Crippen LogP contribution in [0.2, 0.25) is 0 Å². The number of amides is 1. The van der Waals surface area contributed by atoms with Crippen LogP contribution in [0, 0.1) is 0 Å². The maximum atomic E-state index is 13.7. The molecule has 17 nitrogen and oxygen atoms in total. The van der Waals surface area contributed by atoms with Crippen molar-refractivity contribution in [2.45, 2.75) is 48.3 Å². The highest BCUT2D eigenvalue weighted by atomic mass is 32.2. The summed E-state index contributed by atoms with van der Waals surface area (Å²) < 4.78 is 92.7. The van der Waals surface area contributed by atoms with Crippen LogP contribution < -0.4 is 21.3 Å². The number of nitrogens with two attached hydrogens (primary N) is 1. The number of sulfone groups is 1. The topological polar surface area (TPSA) is 272 Å². The van der Waals surface area contributed by atoms with E-state index in [1.807, 2.05) is 19.2 Å². The lowest BCUT2D eigenvalue weighted by atomic mass is 9.82. The molecule has 0 fully saturated rings. The minimum atomic E-state index is -5.05. The van der Waals surface area contributed by atoms with E-state index in [-0.39, 0.29) is 52.0 Å². The smallest absolute Gasteiger partial charge is 0.296 e. The molecule has 5 rings (SSSR count). The van der Waals surface area contributed by atoms with Gasteiger partial charge in [-0.3, -0.25) is 23.5 Å². The van der Waals surface area contributed by atoms with E-state index in [2.05, 4.69) is 32.3 Å². The average Bonchev–Trinajstić information content (AvgIpc) is 3.18. The lowest BCUT2D eigenvalue weighted by Crippen LogP contribution is -2.28. The summed E-state index contributed by atoms with van der Waals surface area (Å²) in [7, 11) is -11.4. The number of carbonyl (C=O) groups is 3. The predicted octanol–water partition coefficient (Wildman–Crippen LogP) is 6.15. The van der Waals surface area contributed by atoms with Crippen LogP contribution >= 0.6 is 0 Å². The van der Waals surface area contributed by atoms with Gasteiger partial charge in [0, 0.05) is 48.8 Å². The number of nitrogens with one attached hydrogen (secondary N) is 2. The zero-order valence-corrected chi connectivity index (χ0v) is 34.2. The van der Waals surface area contributed by atoms with E-state index in [1.54, 1.807) is 12.1 Å². The molecule has 0 saturated heterocycles. The van der Waals surface area contributed by atoms with Crippen molar-refractivity contribution in [2.75, 3.05) is 41.8 Å². The first-order valence-corrected chi connectivity index (χ1v) is 22.8. The standard InChI is InChI=1S/C39H42N6O11S3/c1-3-57(49,50)22-20-41-34(46)13-7-5-4-6-10-21-45(2)27-17-14-25(15-18-27)43-44-26-16-19-30(32(23-26)58(51,52)53)42-31-24-33(59(54,55)56)37(40)36-35(31)38(47)28-11-8-9-12-29(28)39(36)48/h3,8-9,11-12,14-19,23-24,42H,1,4-7,10,13,20-22,40H2,2H3,(H,41,46)(H,51,52,53)(H,54,55,56)/b44-43+.